The fourth-order valence-corrected chi connectivity index (χ4v) is 2.97. The van der Waals surface area contributed by atoms with E-state index in [1.54, 1.807) is 6.20 Å². The average molecular weight is 401 g/mol. The Kier molecular flexibility index (Phi) is 5.33. The van der Waals surface area contributed by atoms with Crippen LogP contribution in [0.2, 0.25) is 25.7 Å². The number of hydrogen-bond acceptors (Lipinski definition) is 3. The molecule has 2 heterocycles. The first-order valence-corrected chi connectivity index (χ1v) is 11.5. The molecule has 0 saturated carbocycles. The van der Waals surface area contributed by atoms with Crippen LogP contribution in [-0.2, 0) is 11.5 Å². The minimum Gasteiger partial charge on any atom is -0.361 e. The summed E-state index contributed by atoms with van der Waals surface area (Å²) in [6.45, 7) is 8.47. The summed E-state index contributed by atoms with van der Waals surface area (Å²) < 4.78 is 8.74. The van der Waals surface area contributed by atoms with Crippen LogP contribution in [0.25, 0.3) is 11.3 Å². The van der Waals surface area contributed by atoms with Gasteiger partial charge in [0.2, 0.25) is 0 Å². The molecule has 0 atom stereocenters. The van der Waals surface area contributed by atoms with Crippen molar-refractivity contribution in [1.82, 2.24) is 14.5 Å². The van der Waals surface area contributed by atoms with Gasteiger partial charge in [0.15, 0.2) is 3.83 Å². The second kappa shape index (κ2) is 6.82. The minimum atomic E-state index is -1.02. The number of ether oxygens (including phenoxy) is 1. The molecular weight excluding hydrogens is 381 g/mol. The predicted octanol–water partition coefficient (Wildman–Crippen LogP) is 3.86. The first-order chi connectivity index (χ1) is 9.46. The molecule has 0 aliphatic rings. The molecule has 2 aromatic heterocycles. The Labute approximate surface area is 134 Å². The van der Waals surface area contributed by atoms with Gasteiger partial charge < -0.3 is 9.30 Å². The summed E-state index contributed by atoms with van der Waals surface area (Å²) in [6, 6.07) is 5.13. The van der Waals surface area contributed by atoms with Crippen LogP contribution in [0, 0.1) is 3.83 Å². The molecule has 2 aromatic rings. The Morgan fingerprint density at radius 3 is 2.80 bits per heavy atom. The molecule has 0 aliphatic heterocycles. The van der Waals surface area contributed by atoms with Crippen molar-refractivity contribution in [2.24, 2.45) is 0 Å². The maximum atomic E-state index is 5.76. The largest absolute Gasteiger partial charge is 0.361 e. The van der Waals surface area contributed by atoms with E-state index < -0.39 is 8.07 Å². The van der Waals surface area contributed by atoms with E-state index >= 15 is 0 Å². The highest BCUT2D eigenvalue weighted by molar-refractivity contribution is 14.1. The first-order valence-electron chi connectivity index (χ1n) is 6.66. The molecule has 0 N–H and O–H groups in total. The third kappa shape index (κ3) is 4.67. The smallest absolute Gasteiger partial charge is 0.173 e. The van der Waals surface area contributed by atoms with Gasteiger partial charge in [-0.2, -0.15) is 0 Å². The Bertz CT molecular complexity index is 551. The van der Waals surface area contributed by atoms with Crippen LogP contribution >= 0.6 is 22.6 Å². The van der Waals surface area contributed by atoms with Gasteiger partial charge in [0.25, 0.3) is 0 Å². The van der Waals surface area contributed by atoms with Crippen molar-refractivity contribution < 1.29 is 4.74 Å². The lowest BCUT2D eigenvalue weighted by atomic mass is 10.2. The van der Waals surface area contributed by atoms with Gasteiger partial charge in [-0.25, -0.2) is 4.98 Å². The number of aromatic nitrogens is 3. The zero-order chi connectivity index (χ0) is 14.6. The number of pyridine rings is 1. The highest BCUT2D eigenvalue weighted by atomic mass is 127. The van der Waals surface area contributed by atoms with Crippen molar-refractivity contribution in [3.05, 3.63) is 34.6 Å². The van der Waals surface area contributed by atoms with Gasteiger partial charge >= 0.3 is 0 Å². The lowest BCUT2D eigenvalue weighted by Crippen LogP contribution is -2.22. The number of halogens is 1. The predicted molar refractivity (Wildman–Crippen MR) is 92.3 cm³/mol. The number of hydrogen-bond donors (Lipinski definition) is 0. The zero-order valence-electron chi connectivity index (χ0n) is 12.1. The molecule has 0 spiro atoms. The van der Waals surface area contributed by atoms with E-state index in [-0.39, 0.29) is 0 Å². The SMILES string of the molecule is C[Si](C)(C)CCOCn1cc(-c2cccnc2)nc1I. The average Bonchev–Trinajstić information content (AvgIpc) is 2.76. The van der Waals surface area contributed by atoms with Crippen LogP contribution in [0.3, 0.4) is 0 Å². The van der Waals surface area contributed by atoms with Crippen LogP contribution in [0.1, 0.15) is 0 Å². The van der Waals surface area contributed by atoms with E-state index in [0.717, 1.165) is 21.7 Å². The zero-order valence-corrected chi connectivity index (χ0v) is 15.3. The summed E-state index contributed by atoms with van der Waals surface area (Å²) in [6.07, 6.45) is 5.62. The van der Waals surface area contributed by atoms with E-state index in [1.807, 2.05) is 29.1 Å². The topological polar surface area (TPSA) is 39.9 Å². The molecule has 20 heavy (non-hydrogen) atoms. The van der Waals surface area contributed by atoms with Crippen molar-refractivity contribution in [3.8, 4) is 11.3 Å². The van der Waals surface area contributed by atoms with Gasteiger partial charge in [0, 0.05) is 61.4 Å². The number of rotatable bonds is 6. The molecule has 0 bridgehead atoms. The van der Waals surface area contributed by atoms with E-state index in [0.29, 0.717) is 6.73 Å². The van der Waals surface area contributed by atoms with Gasteiger partial charge in [-0.15, -0.1) is 0 Å². The monoisotopic (exact) mass is 401 g/mol. The minimum absolute atomic E-state index is 0.565. The lowest BCUT2D eigenvalue weighted by molar-refractivity contribution is 0.0854. The van der Waals surface area contributed by atoms with Crippen LogP contribution in [0.4, 0.5) is 0 Å². The van der Waals surface area contributed by atoms with Gasteiger partial charge in [-0.05, 0) is 18.2 Å². The first kappa shape index (κ1) is 15.7. The molecule has 0 unspecified atom stereocenters. The summed E-state index contributed by atoms with van der Waals surface area (Å²) in [5, 5.41) is 0. The summed E-state index contributed by atoms with van der Waals surface area (Å²) >= 11 is 2.24. The van der Waals surface area contributed by atoms with Crippen molar-refractivity contribution in [3.63, 3.8) is 0 Å². The van der Waals surface area contributed by atoms with Crippen molar-refractivity contribution in [2.45, 2.75) is 32.4 Å². The third-order valence-electron chi connectivity index (χ3n) is 2.91. The van der Waals surface area contributed by atoms with Crippen molar-refractivity contribution in [1.29, 1.82) is 0 Å². The van der Waals surface area contributed by atoms with Gasteiger partial charge in [0.05, 0.1) is 5.69 Å². The molecule has 6 heteroatoms. The molecule has 0 aromatic carbocycles. The van der Waals surface area contributed by atoms with Gasteiger partial charge in [-0.3, -0.25) is 4.98 Å². The molecular formula is C14H20IN3OSi. The summed E-state index contributed by atoms with van der Waals surface area (Å²) in [5.74, 6) is 0. The molecule has 0 fully saturated rings. The highest BCUT2D eigenvalue weighted by Crippen LogP contribution is 2.18. The number of nitrogens with zero attached hydrogens (tertiary/aromatic N) is 3. The highest BCUT2D eigenvalue weighted by Gasteiger charge is 2.12. The van der Waals surface area contributed by atoms with E-state index in [9.17, 15) is 0 Å². The number of imidazole rings is 1. The molecule has 0 amide bonds. The lowest BCUT2D eigenvalue weighted by Gasteiger charge is -2.15. The Hall–Kier alpha value is -0.733. The van der Waals surface area contributed by atoms with Crippen molar-refractivity contribution in [2.75, 3.05) is 6.61 Å². The summed E-state index contributed by atoms with van der Waals surface area (Å²) in [4.78, 5) is 8.67. The van der Waals surface area contributed by atoms with Crippen LogP contribution in [0.15, 0.2) is 30.7 Å². The van der Waals surface area contributed by atoms with E-state index in [1.165, 1.54) is 6.04 Å². The van der Waals surface area contributed by atoms with E-state index in [2.05, 4.69) is 52.2 Å². The molecule has 2 rings (SSSR count). The fourth-order valence-electron chi connectivity index (χ4n) is 1.68. The second-order valence-corrected chi connectivity index (χ2v) is 12.5. The quantitative estimate of drug-likeness (QED) is 0.419. The Morgan fingerprint density at radius 2 is 2.15 bits per heavy atom. The second-order valence-electron chi connectivity index (χ2n) is 5.95. The van der Waals surface area contributed by atoms with E-state index in [4.69, 9.17) is 4.74 Å². The third-order valence-corrected chi connectivity index (χ3v) is 5.48. The van der Waals surface area contributed by atoms with Crippen LogP contribution in [0.5, 0.6) is 0 Å². The molecule has 4 nitrogen and oxygen atoms in total. The normalized spacial score (nSPS) is 11.8. The molecule has 108 valence electrons. The summed E-state index contributed by atoms with van der Waals surface area (Å²) in [5.41, 5.74) is 1.97. The van der Waals surface area contributed by atoms with Crippen LogP contribution < -0.4 is 0 Å². The molecule has 0 aliphatic carbocycles. The fraction of sp³-hybridized carbons (Fsp3) is 0.429. The molecule has 0 radical (unpaired) electrons. The van der Waals surface area contributed by atoms with Crippen molar-refractivity contribution >= 4 is 30.7 Å². The van der Waals surface area contributed by atoms with Gasteiger partial charge in [-0.1, -0.05) is 19.6 Å². The van der Waals surface area contributed by atoms with Gasteiger partial charge in [0.1, 0.15) is 6.73 Å². The Morgan fingerprint density at radius 1 is 1.35 bits per heavy atom. The maximum Gasteiger partial charge on any atom is 0.173 e. The molecule has 0 saturated heterocycles. The summed E-state index contributed by atoms with van der Waals surface area (Å²) in [7, 11) is -1.02. The van der Waals surface area contributed by atoms with Crippen LogP contribution in [-0.4, -0.2) is 29.2 Å². The standard InChI is InChI=1S/C14H20IN3OSi/c1-20(2,3)8-7-19-11-18-10-13(17-14(18)15)12-5-4-6-16-9-12/h4-6,9-10H,7-8,11H2,1-3H3. The maximum absolute atomic E-state index is 5.76. The Balaban J connectivity index is 1.95.